The van der Waals surface area contributed by atoms with Gasteiger partial charge in [0.15, 0.2) is 9.84 Å². The molecule has 0 radical (unpaired) electrons. The fourth-order valence-electron chi connectivity index (χ4n) is 1.36. The first-order valence-corrected chi connectivity index (χ1v) is 7.05. The van der Waals surface area contributed by atoms with Crippen LogP contribution < -0.4 is 0 Å². The summed E-state index contributed by atoms with van der Waals surface area (Å²) in [5, 5.41) is 8.66. The van der Waals surface area contributed by atoms with Crippen molar-refractivity contribution in [1.82, 2.24) is 4.98 Å². The molecule has 0 aliphatic rings. The Bertz CT molecular complexity index is 470. The van der Waals surface area contributed by atoms with Crippen LogP contribution in [0.2, 0.25) is 0 Å². The Kier molecular flexibility index (Phi) is 4.62. The van der Waals surface area contributed by atoms with E-state index < -0.39 is 21.7 Å². The Morgan fingerprint density at radius 3 is 2.53 bits per heavy atom. The second kappa shape index (κ2) is 5.77. The minimum absolute atomic E-state index is 0.0331. The number of rotatable bonds is 6. The van der Waals surface area contributed by atoms with Crippen LogP contribution in [-0.4, -0.2) is 36.0 Å². The van der Waals surface area contributed by atoms with Crippen molar-refractivity contribution in [3.05, 3.63) is 30.1 Å². The molecule has 0 aliphatic carbocycles. The monoisotopic (exact) mass is 257 g/mol. The normalized spacial score (nSPS) is 13.2. The predicted molar refractivity (Wildman–Crippen MR) is 63.4 cm³/mol. The number of pyridine rings is 1. The van der Waals surface area contributed by atoms with E-state index in [1.54, 1.807) is 24.5 Å². The third kappa shape index (κ3) is 4.95. The van der Waals surface area contributed by atoms with Crippen LogP contribution in [-0.2, 0) is 21.1 Å². The molecule has 1 unspecified atom stereocenters. The zero-order valence-corrected chi connectivity index (χ0v) is 10.4. The highest BCUT2D eigenvalue weighted by Crippen LogP contribution is 2.06. The van der Waals surface area contributed by atoms with Crippen molar-refractivity contribution in [1.29, 1.82) is 0 Å². The summed E-state index contributed by atoms with van der Waals surface area (Å²) in [7, 11) is -3.33. The summed E-state index contributed by atoms with van der Waals surface area (Å²) in [6.45, 7) is 1.40. The summed E-state index contributed by atoms with van der Waals surface area (Å²) in [6, 6.07) is 3.49. The lowest BCUT2D eigenvalue weighted by Gasteiger charge is -2.07. The lowest BCUT2D eigenvalue weighted by molar-refractivity contribution is -0.140. The fourth-order valence-corrected chi connectivity index (χ4v) is 2.98. The number of aryl methyl sites for hydroxylation is 1. The zero-order valence-electron chi connectivity index (χ0n) is 9.54. The molecule has 0 fully saturated rings. The number of nitrogens with zero attached hydrogens (tertiary/aromatic N) is 1. The Morgan fingerprint density at radius 2 is 2.00 bits per heavy atom. The van der Waals surface area contributed by atoms with Gasteiger partial charge in [-0.2, -0.15) is 0 Å². The van der Waals surface area contributed by atoms with Gasteiger partial charge in [-0.05, 0) is 24.1 Å². The molecule has 94 valence electrons. The van der Waals surface area contributed by atoms with E-state index in [0.29, 0.717) is 6.42 Å². The largest absolute Gasteiger partial charge is 0.481 e. The van der Waals surface area contributed by atoms with E-state index in [1.165, 1.54) is 6.92 Å². The molecule has 0 aliphatic heterocycles. The molecule has 0 bridgehead atoms. The van der Waals surface area contributed by atoms with Crippen molar-refractivity contribution >= 4 is 15.8 Å². The molecule has 5 nitrogen and oxygen atoms in total. The van der Waals surface area contributed by atoms with Crippen LogP contribution in [0, 0.1) is 5.92 Å². The van der Waals surface area contributed by atoms with Gasteiger partial charge >= 0.3 is 5.97 Å². The van der Waals surface area contributed by atoms with E-state index in [1.807, 2.05) is 0 Å². The summed E-state index contributed by atoms with van der Waals surface area (Å²) in [4.78, 5) is 14.4. The highest BCUT2D eigenvalue weighted by Gasteiger charge is 2.20. The molecule has 1 aromatic rings. The quantitative estimate of drug-likeness (QED) is 0.813. The maximum absolute atomic E-state index is 11.6. The highest BCUT2D eigenvalue weighted by atomic mass is 32.2. The number of hydrogen-bond acceptors (Lipinski definition) is 4. The van der Waals surface area contributed by atoms with E-state index in [-0.39, 0.29) is 11.5 Å². The summed E-state index contributed by atoms with van der Waals surface area (Å²) < 4.78 is 23.3. The standard InChI is InChI=1S/C11H15NO4S/c1-9(11(13)14)8-17(15,16)7-4-10-2-5-12-6-3-10/h2-3,5-6,9H,4,7-8H2,1H3,(H,13,14). The first-order valence-electron chi connectivity index (χ1n) is 5.23. The van der Waals surface area contributed by atoms with Gasteiger partial charge in [0.2, 0.25) is 0 Å². The van der Waals surface area contributed by atoms with Crippen molar-refractivity contribution in [2.45, 2.75) is 13.3 Å². The van der Waals surface area contributed by atoms with E-state index in [2.05, 4.69) is 4.98 Å². The molecule has 1 aromatic heterocycles. The van der Waals surface area contributed by atoms with Gasteiger partial charge in [0.1, 0.15) is 0 Å². The van der Waals surface area contributed by atoms with Crippen LogP contribution in [0.25, 0.3) is 0 Å². The molecule has 1 atom stereocenters. The average Bonchev–Trinajstić information content (AvgIpc) is 2.27. The van der Waals surface area contributed by atoms with Gasteiger partial charge in [0.05, 0.1) is 17.4 Å². The smallest absolute Gasteiger partial charge is 0.307 e. The van der Waals surface area contributed by atoms with Gasteiger partial charge in [-0.3, -0.25) is 9.78 Å². The van der Waals surface area contributed by atoms with Gasteiger partial charge < -0.3 is 5.11 Å². The van der Waals surface area contributed by atoms with Crippen molar-refractivity contribution in [2.24, 2.45) is 5.92 Å². The molecule has 0 saturated heterocycles. The lowest BCUT2D eigenvalue weighted by atomic mass is 10.2. The van der Waals surface area contributed by atoms with Crippen LogP contribution in [0.5, 0.6) is 0 Å². The maximum Gasteiger partial charge on any atom is 0.307 e. The maximum atomic E-state index is 11.6. The zero-order chi connectivity index (χ0) is 12.9. The SMILES string of the molecule is CC(CS(=O)(=O)CCc1ccncc1)C(=O)O. The Balaban J connectivity index is 2.54. The molecule has 1 N–H and O–H groups in total. The van der Waals surface area contributed by atoms with Crippen LogP contribution in [0.3, 0.4) is 0 Å². The molecular formula is C11H15NO4S. The molecule has 0 amide bonds. The molecule has 17 heavy (non-hydrogen) atoms. The molecule has 0 spiro atoms. The summed E-state index contributed by atoms with van der Waals surface area (Å²) in [5.41, 5.74) is 0.881. The van der Waals surface area contributed by atoms with E-state index in [4.69, 9.17) is 5.11 Å². The van der Waals surface area contributed by atoms with Crippen LogP contribution in [0.4, 0.5) is 0 Å². The first kappa shape index (κ1) is 13.6. The topological polar surface area (TPSA) is 84.3 Å². The van der Waals surface area contributed by atoms with Gasteiger partial charge in [-0.25, -0.2) is 8.42 Å². The third-order valence-corrected chi connectivity index (χ3v) is 4.21. The number of carboxylic acids is 1. The second-order valence-corrected chi connectivity index (χ2v) is 6.19. The molecule has 0 aromatic carbocycles. The second-order valence-electron chi connectivity index (χ2n) is 3.96. The van der Waals surface area contributed by atoms with E-state index >= 15 is 0 Å². The van der Waals surface area contributed by atoms with Gasteiger partial charge in [-0.15, -0.1) is 0 Å². The number of aliphatic carboxylic acids is 1. The van der Waals surface area contributed by atoms with Gasteiger partial charge in [0, 0.05) is 12.4 Å². The highest BCUT2D eigenvalue weighted by molar-refractivity contribution is 7.91. The van der Waals surface area contributed by atoms with Gasteiger partial charge in [0.25, 0.3) is 0 Å². The minimum atomic E-state index is -3.33. The number of aromatic nitrogens is 1. The number of hydrogen-bond donors (Lipinski definition) is 1. The molecule has 0 saturated carbocycles. The first-order chi connectivity index (χ1) is 7.91. The third-order valence-electron chi connectivity index (χ3n) is 2.38. The lowest BCUT2D eigenvalue weighted by Crippen LogP contribution is -2.23. The number of carboxylic acid groups (broad SMARTS) is 1. The van der Waals surface area contributed by atoms with Crippen LogP contribution >= 0.6 is 0 Å². The van der Waals surface area contributed by atoms with Crippen LogP contribution in [0.1, 0.15) is 12.5 Å². The van der Waals surface area contributed by atoms with Crippen LogP contribution in [0.15, 0.2) is 24.5 Å². The van der Waals surface area contributed by atoms with Crippen molar-refractivity contribution < 1.29 is 18.3 Å². The van der Waals surface area contributed by atoms with Gasteiger partial charge in [-0.1, -0.05) is 6.92 Å². The number of carbonyl (C=O) groups is 1. The van der Waals surface area contributed by atoms with E-state index in [9.17, 15) is 13.2 Å². The molecule has 6 heteroatoms. The summed E-state index contributed by atoms with van der Waals surface area (Å²) in [6.07, 6.45) is 3.58. The fraction of sp³-hybridized carbons (Fsp3) is 0.455. The molecular weight excluding hydrogens is 242 g/mol. The Labute approximate surface area is 100 Å². The predicted octanol–water partition coefficient (Wildman–Crippen LogP) is 0.760. The summed E-state index contributed by atoms with van der Waals surface area (Å²) in [5.74, 6) is -2.29. The van der Waals surface area contributed by atoms with E-state index in [0.717, 1.165) is 5.56 Å². The Morgan fingerprint density at radius 1 is 1.41 bits per heavy atom. The molecule has 1 heterocycles. The Hall–Kier alpha value is -1.43. The van der Waals surface area contributed by atoms with Crippen molar-refractivity contribution in [3.63, 3.8) is 0 Å². The van der Waals surface area contributed by atoms with Crippen molar-refractivity contribution in [3.8, 4) is 0 Å². The summed E-state index contributed by atoms with van der Waals surface area (Å²) >= 11 is 0. The minimum Gasteiger partial charge on any atom is -0.481 e. The molecule has 1 rings (SSSR count). The average molecular weight is 257 g/mol. The van der Waals surface area contributed by atoms with Crippen molar-refractivity contribution in [2.75, 3.05) is 11.5 Å². The number of sulfone groups is 1.